The van der Waals surface area contributed by atoms with Crippen molar-refractivity contribution in [2.45, 2.75) is 83.1 Å². The fraction of sp³-hybridized carbons (Fsp3) is 0.750. The summed E-state index contributed by atoms with van der Waals surface area (Å²) < 4.78 is 5.71. The van der Waals surface area contributed by atoms with Crippen molar-refractivity contribution >= 4 is 11.8 Å². The largest absolute Gasteiger partial charge is 0.393 e. The van der Waals surface area contributed by atoms with E-state index in [1.165, 1.54) is 0 Å². The lowest BCUT2D eigenvalue weighted by molar-refractivity contribution is 0.0346. The summed E-state index contributed by atoms with van der Waals surface area (Å²) in [6, 6.07) is 2.63. The van der Waals surface area contributed by atoms with Crippen LogP contribution in [0.2, 0.25) is 0 Å². The Hall–Kier alpha value is -1.91. The molecule has 3 atom stereocenters. The first-order chi connectivity index (χ1) is 13.1. The van der Waals surface area contributed by atoms with Crippen LogP contribution in [-0.4, -0.2) is 46.0 Å². The lowest BCUT2D eigenvalue weighted by atomic mass is 9.85. The van der Waals surface area contributed by atoms with E-state index in [9.17, 15) is 10.4 Å². The Labute approximate surface area is 161 Å². The Balaban J connectivity index is 1.61. The molecule has 3 N–H and O–H groups in total. The number of nitriles is 1. The highest BCUT2D eigenvalue weighted by Crippen LogP contribution is 2.28. The van der Waals surface area contributed by atoms with Crippen LogP contribution in [0.4, 0.5) is 11.8 Å². The molecule has 7 nitrogen and oxygen atoms in total. The van der Waals surface area contributed by atoms with Crippen molar-refractivity contribution in [1.29, 1.82) is 5.26 Å². The van der Waals surface area contributed by atoms with E-state index < -0.39 is 0 Å². The van der Waals surface area contributed by atoms with Crippen molar-refractivity contribution in [2.75, 3.05) is 17.2 Å². The van der Waals surface area contributed by atoms with Crippen LogP contribution in [0.15, 0.2) is 6.20 Å². The molecule has 0 saturated heterocycles. The Morgan fingerprint density at radius 1 is 1.19 bits per heavy atom. The Bertz CT molecular complexity index is 654. The van der Waals surface area contributed by atoms with E-state index in [1.807, 2.05) is 6.92 Å². The monoisotopic (exact) mass is 373 g/mol. The van der Waals surface area contributed by atoms with Crippen LogP contribution in [0.3, 0.4) is 0 Å². The van der Waals surface area contributed by atoms with Crippen molar-refractivity contribution in [3.63, 3.8) is 0 Å². The van der Waals surface area contributed by atoms with Crippen LogP contribution in [-0.2, 0) is 4.74 Å². The van der Waals surface area contributed by atoms with E-state index in [1.54, 1.807) is 6.20 Å². The number of nitrogens with one attached hydrogen (secondary N) is 2. The molecule has 1 heterocycles. The van der Waals surface area contributed by atoms with Gasteiger partial charge in [0.25, 0.3) is 0 Å². The molecule has 2 aliphatic rings. The number of hydrogen-bond acceptors (Lipinski definition) is 7. The van der Waals surface area contributed by atoms with Crippen LogP contribution in [0.25, 0.3) is 0 Å². The summed E-state index contributed by atoms with van der Waals surface area (Å²) in [6.07, 6.45) is 8.42. The highest BCUT2D eigenvalue weighted by atomic mass is 16.5. The minimum atomic E-state index is -0.304. The molecule has 1 aromatic rings. The maximum atomic E-state index is 10.1. The van der Waals surface area contributed by atoms with Gasteiger partial charge in [-0.15, -0.1) is 0 Å². The number of rotatable bonds is 6. The average molecular weight is 374 g/mol. The summed E-state index contributed by atoms with van der Waals surface area (Å²) in [6.45, 7) is 4.88. The Morgan fingerprint density at radius 2 is 1.93 bits per heavy atom. The van der Waals surface area contributed by atoms with Crippen LogP contribution in [0, 0.1) is 17.2 Å². The molecule has 0 spiro atoms. The molecule has 2 saturated carbocycles. The van der Waals surface area contributed by atoms with Gasteiger partial charge in [0, 0.05) is 18.7 Å². The molecule has 0 aromatic carbocycles. The normalized spacial score (nSPS) is 31.1. The van der Waals surface area contributed by atoms with Gasteiger partial charge in [-0.2, -0.15) is 10.2 Å². The molecule has 3 rings (SSSR count). The van der Waals surface area contributed by atoms with Crippen LogP contribution >= 0.6 is 0 Å². The van der Waals surface area contributed by atoms with Crippen molar-refractivity contribution < 1.29 is 9.84 Å². The van der Waals surface area contributed by atoms with Crippen LogP contribution < -0.4 is 10.6 Å². The zero-order valence-electron chi connectivity index (χ0n) is 16.3. The Kier molecular flexibility index (Phi) is 6.86. The zero-order chi connectivity index (χ0) is 19.2. The number of ether oxygens (including phenoxy) is 1. The molecule has 0 amide bonds. The van der Waals surface area contributed by atoms with E-state index in [0.29, 0.717) is 41.8 Å². The molecule has 148 valence electrons. The predicted octanol–water partition coefficient (Wildman–Crippen LogP) is 3.07. The second-order valence-electron chi connectivity index (χ2n) is 7.84. The summed E-state index contributed by atoms with van der Waals surface area (Å²) >= 11 is 0. The molecule has 27 heavy (non-hydrogen) atoms. The third-order valence-corrected chi connectivity index (χ3v) is 5.81. The molecule has 0 radical (unpaired) electrons. The fourth-order valence-electron chi connectivity index (χ4n) is 4.06. The smallest absolute Gasteiger partial charge is 0.224 e. The van der Waals surface area contributed by atoms with Gasteiger partial charge in [-0.25, -0.2) is 4.98 Å². The molecular weight excluding hydrogens is 342 g/mol. The van der Waals surface area contributed by atoms with Gasteiger partial charge in [0.15, 0.2) is 0 Å². The molecule has 1 aromatic heterocycles. The molecule has 2 fully saturated rings. The van der Waals surface area contributed by atoms with Gasteiger partial charge in [-0.1, -0.05) is 6.92 Å². The standard InChI is InChI=1S/C20H31N5O2/c1-3-27-17-8-6-15(7-9-17)24-20-22-12-14(11-21)19(25-20)23-16-5-4-13(2)18(26)10-16/h12-13,15-18,26H,3-10H2,1-2H3,(H2,22,23,24,25)/t13-,15-,16-,17-,18-/m1/s1. The quantitative estimate of drug-likeness (QED) is 0.704. The highest BCUT2D eigenvalue weighted by Gasteiger charge is 2.27. The molecule has 7 heteroatoms. The van der Waals surface area contributed by atoms with Gasteiger partial charge in [-0.3, -0.25) is 0 Å². The van der Waals surface area contributed by atoms with E-state index >= 15 is 0 Å². The predicted molar refractivity (Wildman–Crippen MR) is 104 cm³/mol. The number of anilines is 2. The number of nitrogens with zero attached hydrogens (tertiary/aromatic N) is 3. The highest BCUT2D eigenvalue weighted by molar-refractivity contribution is 5.54. The van der Waals surface area contributed by atoms with Crippen LogP contribution in [0.1, 0.15) is 64.4 Å². The van der Waals surface area contributed by atoms with Gasteiger partial charge >= 0.3 is 0 Å². The first-order valence-corrected chi connectivity index (χ1v) is 10.2. The molecular formula is C20H31N5O2. The van der Waals surface area contributed by atoms with Gasteiger partial charge in [0.2, 0.25) is 5.95 Å². The van der Waals surface area contributed by atoms with Crippen molar-refractivity contribution in [3.05, 3.63) is 11.8 Å². The first-order valence-electron chi connectivity index (χ1n) is 10.2. The molecule has 2 aliphatic carbocycles. The number of aromatic nitrogens is 2. The maximum Gasteiger partial charge on any atom is 0.224 e. The lowest BCUT2D eigenvalue weighted by Crippen LogP contribution is -2.35. The van der Waals surface area contributed by atoms with E-state index in [2.05, 4.69) is 33.6 Å². The van der Waals surface area contributed by atoms with E-state index in [0.717, 1.165) is 45.1 Å². The van der Waals surface area contributed by atoms with Crippen molar-refractivity contribution in [1.82, 2.24) is 9.97 Å². The summed E-state index contributed by atoms with van der Waals surface area (Å²) in [5.41, 5.74) is 0.439. The number of aliphatic hydroxyl groups is 1. The second kappa shape index (κ2) is 9.34. The summed E-state index contributed by atoms with van der Waals surface area (Å²) in [4.78, 5) is 8.88. The van der Waals surface area contributed by atoms with Crippen LogP contribution in [0.5, 0.6) is 0 Å². The third-order valence-electron chi connectivity index (χ3n) is 5.81. The minimum absolute atomic E-state index is 0.132. The Morgan fingerprint density at radius 3 is 2.59 bits per heavy atom. The lowest BCUT2D eigenvalue weighted by Gasteiger charge is -2.32. The van der Waals surface area contributed by atoms with Gasteiger partial charge in [0.05, 0.1) is 18.4 Å². The fourth-order valence-corrected chi connectivity index (χ4v) is 4.06. The first kappa shape index (κ1) is 19.8. The SMILES string of the molecule is CCO[C@H]1CC[C@H](Nc2ncc(C#N)c(N[C@@H]3CC[C@@H](C)[C@H](O)C3)n2)CC1. The van der Waals surface area contributed by atoms with Crippen molar-refractivity contribution in [2.24, 2.45) is 5.92 Å². The van der Waals surface area contributed by atoms with E-state index in [4.69, 9.17) is 4.74 Å². The third kappa shape index (κ3) is 5.30. The van der Waals surface area contributed by atoms with Gasteiger partial charge in [0.1, 0.15) is 17.5 Å². The van der Waals surface area contributed by atoms with Gasteiger partial charge in [-0.05, 0) is 57.8 Å². The summed E-state index contributed by atoms with van der Waals surface area (Å²) in [5, 5.41) is 26.3. The average Bonchev–Trinajstić information content (AvgIpc) is 2.67. The topological polar surface area (TPSA) is 103 Å². The van der Waals surface area contributed by atoms with Crippen molar-refractivity contribution in [3.8, 4) is 6.07 Å². The maximum absolute atomic E-state index is 10.1. The van der Waals surface area contributed by atoms with Gasteiger partial charge < -0.3 is 20.5 Å². The molecule has 0 bridgehead atoms. The number of hydrogen-bond donors (Lipinski definition) is 3. The second-order valence-corrected chi connectivity index (χ2v) is 7.84. The molecule has 0 aliphatic heterocycles. The summed E-state index contributed by atoms with van der Waals surface area (Å²) in [7, 11) is 0. The minimum Gasteiger partial charge on any atom is -0.393 e. The number of aliphatic hydroxyl groups excluding tert-OH is 1. The zero-order valence-corrected chi connectivity index (χ0v) is 16.3. The van der Waals surface area contributed by atoms with E-state index in [-0.39, 0.29) is 12.1 Å². The molecule has 0 unspecified atom stereocenters. The summed E-state index contributed by atoms with van der Waals surface area (Å²) in [5.74, 6) is 1.44.